The lowest BCUT2D eigenvalue weighted by Gasteiger charge is -2.37. The van der Waals surface area contributed by atoms with E-state index >= 15 is 0 Å². The van der Waals surface area contributed by atoms with Gasteiger partial charge in [0, 0.05) is 48.1 Å². The number of pyridine rings is 1. The molecule has 2 fully saturated rings. The number of β-amino-alcohol motifs (C(OH)–C–C–N with tert-alkyl or cyclic N) is 1. The number of piperidine rings is 1. The van der Waals surface area contributed by atoms with E-state index in [0.29, 0.717) is 31.7 Å². The number of hydrogen-bond acceptors (Lipinski definition) is 9. The quantitative estimate of drug-likeness (QED) is 0.379. The van der Waals surface area contributed by atoms with E-state index in [1.807, 2.05) is 47.4 Å². The molecule has 2 aromatic rings. The molecule has 0 bridgehead atoms. The molecule has 5 heterocycles. The first kappa shape index (κ1) is 25.5. The van der Waals surface area contributed by atoms with E-state index in [0.717, 1.165) is 35.0 Å². The second-order valence-corrected chi connectivity index (χ2v) is 10.1. The molecule has 1 aromatic heterocycles. The lowest BCUT2D eigenvalue weighted by atomic mass is 9.97. The van der Waals surface area contributed by atoms with Crippen molar-refractivity contribution in [2.75, 3.05) is 31.1 Å². The molecule has 0 aliphatic carbocycles. The predicted molar refractivity (Wildman–Crippen MR) is 144 cm³/mol. The maximum Gasteiger partial charge on any atom is 0.251 e. The summed E-state index contributed by atoms with van der Waals surface area (Å²) in [5.41, 5.74) is 15.1. The highest BCUT2D eigenvalue weighted by atomic mass is 19.1. The molecule has 0 saturated carbocycles. The summed E-state index contributed by atoms with van der Waals surface area (Å²) in [6.07, 6.45) is 5.61. The Kier molecular flexibility index (Phi) is 6.81. The number of carbonyl (C=O) groups excluding carboxylic acids is 1. The summed E-state index contributed by atoms with van der Waals surface area (Å²) in [4.78, 5) is 19.5. The van der Waals surface area contributed by atoms with Gasteiger partial charge in [-0.3, -0.25) is 15.2 Å². The van der Waals surface area contributed by atoms with E-state index in [-0.39, 0.29) is 17.6 Å². The third kappa shape index (κ3) is 4.89. The Labute approximate surface area is 226 Å². The Morgan fingerprint density at radius 1 is 1.31 bits per heavy atom. The Morgan fingerprint density at radius 2 is 2.18 bits per heavy atom. The van der Waals surface area contributed by atoms with Crippen molar-refractivity contribution in [2.45, 2.75) is 38.6 Å². The van der Waals surface area contributed by atoms with E-state index < -0.39 is 18.0 Å². The summed E-state index contributed by atoms with van der Waals surface area (Å²) in [7, 11) is 0. The van der Waals surface area contributed by atoms with Crippen LogP contribution in [0.1, 0.15) is 34.8 Å². The molecule has 1 unspecified atom stereocenters. The van der Waals surface area contributed by atoms with Crippen LogP contribution in [0, 0.1) is 12.7 Å². The SMILES string of the molecule is CCOC1=CN2NC3NNCC3=C2C(c2ccc(N3CC[C@H](NC(=O)c4cc(F)ccc4C)[C@H](O)C3)nc2)=C1. The Bertz CT molecular complexity index is 1370. The van der Waals surface area contributed by atoms with Crippen molar-refractivity contribution in [2.24, 2.45) is 0 Å². The summed E-state index contributed by atoms with van der Waals surface area (Å²) in [5, 5.41) is 15.7. The van der Waals surface area contributed by atoms with Crippen LogP contribution in [-0.2, 0) is 4.74 Å². The summed E-state index contributed by atoms with van der Waals surface area (Å²) in [6, 6.07) is 7.69. The number of carbonyl (C=O) groups is 1. The van der Waals surface area contributed by atoms with Gasteiger partial charge in [-0.15, -0.1) is 0 Å². The second kappa shape index (κ2) is 10.4. The Hall–Kier alpha value is -3.77. The summed E-state index contributed by atoms with van der Waals surface area (Å²) in [5.74, 6) is 0.674. The highest BCUT2D eigenvalue weighted by Crippen LogP contribution is 2.38. The molecule has 0 spiro atoms. The zero-order valence-electron chi connectivity index (χ0n) is 21.9. The van der Waals surface area contributed by atoms with Crippen LogP contribution in [0.3, 0.4) is 0 Å². The van der Waals surface area contributed by atoms with Gasteiger partial charge in [0.15, 0.2) is 0 Å². The van der Waals surface area contributed by atoms with Crippen molar-refractivity contribution in [1.82, 2.24) is 31.6 Å². The zero-order valence-corrected chi connectivity index (χ0v) is 21.9. The van der Waals surface area contributed by atoms with E-state index in [9.17, 15) is 14.3 Å². The van der Waals surface area contributed by atoms with Gasteiger partial charge >= 0.3 is 0 Å². The molecule has 204 valence electrons. The first-order chi connectivity index (χ1) is 18.9. The largest absolute Gasteiger partial charge is 0.492 e. The predicted octanol–water partition coefficient (Wildman–Crippen LogP) is 1.68. The van der Waals surface area contributed by atoms with E-state index in [4.69, 9.17) is 9.72 Å². The minimum Gasteiger partial charge on any atom is -0.492 e. The van der Waals surface area contributed by atoms with Crippen LogP contribution in [-0.4, -0.2) is 65.6 Å². The molecule has 1 amide bonds. The number of aromatic nitrogens is 1. The monoisotopic (exact) mass is 533 g/mol. The fourth-order valence-corrected chi connectivity index (χ4v) is 5.50. The maximum atomic E-state index is 13.7. The average molecular weight is 534 g/mol. The van der Waals surface area contributed by atoms with E-state index in [1.54, 1.807) is 13.0 Å². The number of rotatable bonds is 6. The van der Waals surface area contributed by atoms with Crippen molar-refractivity contribution in [3.05, 3.63) is 88.3 Å². The molecular formula is C28H32FN7O3. The number of amides is 1. The second-order valence-electron chi connectivity index (χ2n) is 10.1. The number of nitrogens with one attached hydrogen (secondary N) is 4. The highest BCUT2D eigenvalue weighted by Gasteiger charge is 2.37. The van der Waals surface area contributed by atoms with Crippen molar-refractivity contribution in [3.8, 4) is 0 Å². The molecule has 0 radical (unpaired) electrons. The highest BCUT2D eigenvalue weighted by molar-refractivity contribution is 5.95. The van der Waals surface area contributed by atoms with E-state index in [1.165, 1.54) is 17.7 Å². The average Bonchev–Trinajstić information content (AvgIpc) is 3.52. The van der Waals surface area contributed by atoms with Gasteiger partial charge in [-0.1, -0.05) is 6.07 Å². The van der Waals surface area contributed by atoms with Crippen molar-refractivity contribution < 1.29 is 19.0 Å². The number of anilines is 1. The molecule has 3 atom stereocenters. The van der Waals surface area contributed by atoms with Gasteiger partial charge in [-0.25, -0.2) is 20.2 Å². The van der Waals surface area contributed by atoms with Gasteiger partial charge in [-0.05, 0) is 56.2 Å². The normalized spacial score (nSPS) is 24.3. The van der Waals surface area contributed by atoms with E-state index in [2.05, 4.69) is 21.6 Å². The molecule has 4 aliphatic heterocycles. The number of benzene rings is 1. The number of aliphatic hydroxyl groups is 1. The minimum absolute atomic E-state index is 0.0148. The molecule has 4 aliphatic rings. The number of ether oxygens (including phenoxy) is 1. The molecule has 39 heavy (non-hydrogen) atoms. The third-order valence-corrected chi connectivity index (χ3v) is 7.52. The molecular weight excluding hydrogens is 501 g/mol. The molecule has 11 heteroatoms. The smallest absolute Gasteiger partial charge is 0.251 e. The Morgan fingerprint density at radius 3 is 2.95 bits per heavy atom. The van der Waals surface area contributed by atoms with Crippen LogP contribution in [0.5, 0.6) is 0 Å². The summed E-state index contributed by atoms with van der Waals surface area (Å²) < 4.78 is 19.5. The number of nitrogens with zero attached hydrogens (tertiary/aromatic N) is 3. The third-order valence-electron chi connectivity index (χ3n) is 7.52. The van der Waals surface area contributed by atoms with Crippen LogP contribution < -0.4 is 26.5 Å². The topological polar surface area (TPSA) is 114 Å². The standard InChI is InChI=1S/C28H32FN7O3/c1-3-39-19-11-21(26-22-13-31-33-27(22)34-36(26)14-19)17-5-7-25(30-12-17)35-9-8-23(24(37)15-35)32-28(38)20-10-18(29)6-4-16(20)2/h4-7,10-12,14,23-24,27,31,33-34,37H,3,8-9,13,15H2,1-2H3,(H,32,38)/t23-,24+,27?/m0/s1. The van der Waals surface area contributed by atoms with Gasteiger partial charge in [0.25, 0.3) is 5.91 Å². The number of allylic oxidation sites excluding steroid dienone is 2. The van der Waals surface area contributed by atoms with Crippen molar-refractivity contribution in [3.63, 3.8) is 0 Å². The van der Waals surface area contributed by atoms with Gasteiger partial charge in [0.2, 0.25) is 0 Å². The van der Waals surface area contributed by atoms with Crippen LogP contribution in [0.25, 0.3) is 5.57 Å². The number of halogens is 1. The van der Waals surface area contributed by atoms with Gasteiger partial charge in [0.1, 0.15) is 23.6 Å². The van der Waals surface area contributed by atoms with Crippen LogP contribution in [0.2, 0.25) is 0 Å². The number of hydrogen-bond donors (Lipinski definition) is 5. The molecule has 6 rings (SSSR count). The lowest BCUT2D eigenvalue weighted by Crippen LogP contribution is -2.54. The molecule has 5 N–H and O–H groups in total. The zero-order chi connectivity index (χ0) is 27.1. The first-order valence-electron chi connectivity index (χ1n) is 13.2. The van der Waals surface area contributed by atoms with Gasteiger partial charge in [0.05, 0.1) is 30.6 Å². The maximum absolute atomic E-state index is 13.7. The van der Waals surface area contributed by atoms with Crippen molar-refractivity contribution in [1.29, 1.82) is 0 Å². The number of fused-ring (bicyclic) bond motifs is 2. The lowest BCUT2D eigenvalue weighted by molar-refractivity contribution is 0.0796. The van der Waals surface area contributed by atoms with Gasteiger partial charge < -0.3 is 20.1 Å². The van der Waals surface area contributed by atoms with Crippen LogP contribution in [0.4, 0.5) is 10.2 Å². The molecule has 1 aromatic carbocycles. The summed E-state index contributed by atoms with van der Waals surface area (Å²) >= 11 is 0. The summed E-state index contributed by atoms with van der Waals surface area (Å²) in [6.45, 7) is 5.95. The fraction of sp³-hybridized carbons (Fsp3) is 0.357. The molecule has 10 nitrogen and oxygen atoms in total. The number of hydrazine groups is 2. The van der Waals surface area contributed by atoms with Crippen LogP contribution in [0.15, 0.2) is 65.8 Å². The minimum atomic E-state index is -0.789. The first-order valence-corrected chi connectivity index (χ1v) is 13.2. The van der Waals surface area contributed by atoms with Crippen molar-refractivity contribution >= 4 is 17.3 Å². The molecule has 2 saturated heterocycles. The fourth-order valence-electron chi connectivity index (χ4n) is 5.50. The number of aliphatic hydroxyl groups excluding tert-OH is 1. The Balaban J connectivity index is 1.15. The van der Waals surface area contributed by atoms with Crippen LogP contribution >= 0.6 is 0 Å². The van der Waals surface area contributed by atoms with Gasteiger partial charge in [-0.2, -0.15) is 0 Å². The number of aryl methyl sites for hydroxylation is 1.